The number of hydrogen-bond donors (Lipinski definition) is 0. The quantitative estimate of drug-likeness (QED) is 0.715. The molecule has 1 unspecified atom stereocenters. The van der Waals surface area contributed by atoms with E-state index in [1.165, 1.54) is 25.7 Å². The van der Waals surface area contributed by atoms with Crippen LogP contribution in [-0.2, 0) is 4.79 Å². The molecule has 0 N–H and O–H groups in total. The first-order chi connectivity index (χ1) is 6.95. The number of carbonyl (C=O) groups is 1. The molecule has 0 saturated carbocycles. The van der Waals surface area contributed by atoms with Crippen molar-refractivity contribution in [2.45, 2.75) is 59.4 Å². The van der Waals surface area contributed by atoms with E-state index in [9.17, 15) is 4.79 Å². The molecule has 0 spiro atoms. The molecule has 15 heavy (non-hydrogen) atoms. The van der Waals surface area contributed by atoms with Crippen LogP contribution in [0.25, 0.3) is 0 Å². The van der Waals surface area contributed by atoms with Gasteiger partial charge in [-0.25, -0.2) is 0 Å². The highest BCUT2D eigenvalue weighted by Gasteiger charge is 2.27. The first-order valence-corrected chi connectivity index (χ1v) is 6.22. The van der Waals surface area contributed by atoms with Crippen molar-refractivity contribution in [1.82, 2.24) is 4.90 Å². The topological polar surface area (TPSA) is 20.3 Å². The third-order valence-electron chi connectivity index (χ3n) is 3.40. The fourth-order valence-corrected chi connectivity index (χ4v) is 2.15. The Morgan fingerprint density at radius 2 is 2.00 bits per heavy atom. The fraction of sp³-hybridized carbons (Fsp3) is 0.923. The average Bonchev–Trinajstić information content (AvgIpc) is 2.17. The van der Waals surface area contributed by atoms with E-state index in [0.29, 0.717) is 18.4 Å². The maximum Gasteiger partial charge on any atom is 0.152 e. The second kappa shape index (κ2) is 5.11. The molecule has 1 saturated heterocycles. The lowest BCUT2D eigenvalue weighted by molar-refractivity contribution is -0.128. The van der Waals surface area contributed by atoms with Crippen LogP contribution in [0.4, 0.5) is 0 Å². The van der Waals surface area contributed by atoms with Crippen LogP contribution in [-0.4, -0.2) is 29.8 Å². The van der Waals surface area contributed by atoms with Crippen molar-refractivity contribution in [1.29, 1.82) is 0 Å². The number of hydrogen-bond acceptors (Lipinski definition) is 2. The van der Waals surface area contributed by atoms with Gasteiger partial charge < -0.3 is 0 Å². The highest BCUT2D eigenvalue weighted by molar-refractivity contribution is 5.85. The van der Waals surface area contributed by atoms with E-state index in [2.05, 4.69) is 11.8 Å². The minimum atomic E-state index is -0.185. The van der Waals surface area contributed by atoms with Gasteiger partial charge >= 0.3 is 0 Å². The molecule has 0 radical (unpaired) electrons. The summed E-state index contributed by atoms with van der Waals surface area (Å²) in [5.41, 5.74) is -0.185. The molecule has 1 fully saturated rings. The standard InChI is InChI=1S/C13H25NO/c1-5-11-8-6-7-9-14(11)10-12(15)13(2,3)4/h11H,5-10H2,1-4H3. The molecule has 0 bridgehead atoms. The van der Waals surface area contributed by atoms with Crippen molar-refractivity contribution in [2.24, 2.45) is 5.41 Å². The lowest BCUT2D eigenvalue weighted by Gasteiger charge is -2.36. The van der Waals surface area contributed by atoms with Crippen LogP contribution in [0, 0.1) is 5.41 Å². The third-order valence-corrected chi connectivity index (χ3v) is 3.40. The Bertz CT molecular complexity index is 217. The van der Waals surface area contributed by atoms with Crippen molar-refractivity contribution < 1.29 is 4.79 Å². The molecule has 2 nitrogen and oxygen atoms in total. The van der Waals surface area contributed by atoms with E-state index in [-0.39, 0.29) is 5.41 Å². The molecule has 1 aliphatic heterocycles. The van der Waals surface area contributed by atoms with E-state index in [1.54, 1.807) is 0 Å². The van der Waals surface area contributed by atoms with Crippen LogP contribution in [0.3, 0.4) is 0 Å². The highest BCUT2D eigenvalue weighted by Crippen LogP contribution is 2.22. The Morgan fingerprint density at radius 3 is 2.53 bits per heavy atom. The Labute approximate surface area is 94.0 Å². The number of ketones is 1. The number of nitrogens with zero attached hydrogens (tertiary/aromatic N) is 1. The van der Waals surface area contributed by atoms with Crippen LogP contribution in [0.15, 0.2) is 0 Å². The van der Waals surface area contributed by atoms with Gasteiger partial charge in [-0.1, -0.05) is 34.1 Å². The van der Waals surface area contributed by atoms with Gasteiger partial charge in [-0.15, -0.1) is 0 Å². The second-order valence-electron chi connectivity index (χ2n) is 5.70. The Balaban J connectivity index is 2.52. The summed E-state index contributed by atoms with van der Waals surface area (Å²) >= 11 is 0. The van der Waals surface area contributed by atoms with Gasteiger partial charge in [-0.05, 0) is 25.8 Å². The first-order valence-electron chi connectivity index (χ1n) is 6.22. The van der Waals surface area contributed by atoms with Gasteiger partial charge in [0.15, 0.2) is 5.78 Å². The predicted molar refractivity (Wildman–Crippen MR) is 64.0 cm³/mol. The predicted octanol–water partition coefficient (Wildman–Crippen LogP) is 2.87. The maximum absolute atomic E-state index is 12.0. The summed E-state index contributed by atoms with van der Waals surface area (Å²) in [5.74, 6) is 0.378. The number of likely N-dealkylation sites (tertiary alicyclic amines) is 1. The zero-order valence-corrected chi connectivity index (χ0v) is 10.7. The molecule has 1 rings (SSSR count). The van der Waals surface area contributed by atoms with Gasteiger partial charge in [0.1, 0.15) is 0 Å². The number of rotatable bonds is 3. The molecular weight excluding hydrogens is 186 g/mol. The van der Waals surface area contributed by atoms with Crippen molar-refractivity contribution in [2.75, 3.05) is 13.1 Å². The Morgan fingerprint density at radius 1 is 1.33 bits per heavy atom. The van der Waals surface area contributed by atoms with Crippen LogP contribution in [0.5, 0.6) is 0 Å². The highest BCUT2D eigenvalue weighted by atomic mass is 16.1. The molecule has 0 aromatic heterocycles. The van der Waals surface area contributed by atoms with Crippen molar-refractivity contribution in [3.8, 4) is 0 Å². The maximum atomic E-state index is 12.0. The molecule has 0 amide bonds. The zero-order valence-electron chi connectivity index (χ0n) is 10.7. The second-order valence-corrected chi connectivity index (χ2v) is 5.70. The van der Waals surface area contributed by atoms with Crippen LogP contribution in [0.2, 0.25) is 0 Å². The molecule has 2 heteroatoms. The number of piperidine rings is 1. The van der Waals surface area contributed by atoms with Gasteiger partial charge in [0, 0.05) is 11.5 Å². The summed E-state index contributed by atoms with van der Waals surface area (Å²) in [4.78, 5) is 14.3. The number of Topliss-reactive ketones (excluding diaryl/α,β-unsaturated/α-hetero) is 1. The lowest BCUT2D eigenvalue weighted by atomic mass is 9.89. The van der Waals surface area contributed by atoms with Gasteiger partial charge in [0.05, 0.1) is 6.54 Å². The smallest absolute Gasteiger partial charge is 0.152 e. The molecule has 0 aromatic rings. The monoisotopic (exact) mass is 211 g/mol. The molecule has 1 atom stereocenters. The van der Waals surface area contributed by atoms with Crippen LogP contribution < -0.4 is 0 Å². The van der Waals surface area contributed by atoms with E-state index in [0.717, 1.165) is 6.54 Å². The Hall–Kier alpha value is -0.370. The van der Waals surface area contributed by atoms with E-state index in [4.69, 9.17) is 0 Å². The molecular formula is C13H25NO. The number of carbonyl (C=O) groups excluding carboxylic acids is 1. The SMILES string of the molecule is CCC1CCCCN1CC(=O)C(C)(C)C. The van der Waals surface area contributed by atoms with Crippen molar-refractivity contribution >= 4 is 5.78 Å². The van der Waals surface area contributed by atoms with Gasteiger partial charge in [0.25, 0.3) is 0 Å². The van der Waals surface area contributed by atoms with Crippen LogP contribution in [0.1, 0.15) is 53.4 Å². The summed E-state index contributed by atoms with van der Waals surface area (Å²) in [5, 5.41) is 0. The fourth-order valence-electron chi connectivity index (χ4n) is 2.15. The first kappa shape index (κ1) is 12.7. The summed E-state index contributed by atoms with van der Waals surface area (Å²) in [6, 6.07) is 0.644. The molecule has 1 heterocycles. The van der Waals surface area contributed by atoms with Gasteiger partial charge in [-0.2, -0.15) is 0 Å². The van der Waals surface area contributed by atoms with E-state index in [1.807, 2.05) is 20.8 Å². The van der Waals surface area contributed by atoms with E-state index >= 15 is 0 Å². The van der Waals surface area contributed by atoms with E-state index < -0.39 is 0 Å². The molecule has 0 aromatic carbocycles. The Kier molecular flexibility index (Phi) is 4.32. The lowest BCUT2D eigenvalue weighted by Crippen LogP contribution is -2.44. The summed E-state index contributed by atoms with van der Waals surface area (Å²) in [6.45, 7) is 10.0. The third kappa shape index (κ3) is 3.60. The summed E-state index contributed by atoms with van der Waals surface area (Å²) < 4.78 is 0. The largest absolute Gasteiger partial charge is 0.298 e. The van der Waals surface area contributed by atoms with Crippen molar-refractivity contribution in [3.05, 3.63) is 0 Å². The summed E-state index contributed by atoms with van der Waals surface area (Å²) in [6.07, 6.45) is 5.04. The van der Waals surface area contributed by atoms with Crippen LogP contribution >= 0.6 is 0 Å². The average molecular weight is 211 g/mol. The minimum Gasteiger partial charge on any atom is -0.298 e. The van der Waals surface area contributed by atoms with Gasteiger partial charge in [-0.3, -0.25) is 9.69 Å². The normalized spacial score (nSPS) is 24.1. The van der Waals surface area contributed by atoms with Crippen molar-refractivity contribution in [3.63, 3.8) is 0 Å². The summed E-state index contributed by atoms with van der Waals surface area (Å²) in [7, 11) is 0. The minimum absolute atomic E-state index is 0.185. The van der Waals surface area contributed by atoms with Gasteiger partial charge in [0.2, 0.25) is 0 Å². The molecule has 0 aliphatic carbocycles. The molecule has 1 aliphatic rings. The zero-order chi connectivity index (χ0) is 11.5. The molecule has 88 valence electrons.